The maximum atomic E-state index is 10.6. The van der Waals surface area contributed by atoms with Crippen LogP contribution in [0.2, 0.25) is 0 Å². The van der Waals surface area contributed by atoms with E-state index in [1.807, 2.05) is 6.92 Å². The molecule has 0 amide bonds. The number of hydrogen-bond donors (Lipinski definition) is 1. The van der Waals surface area contributed by atoms with E-state index < -0.39 is 4.92 Å². The minimum absolute atomic E-state index is 0.00316. The lowest BCUT2D eigenvalue weighted by Crippen LogP contribution is -2.57. The lowest BCUT2D eigenvalue weighted by molar-refractivity contribution is -0.385. The number of anilines is 1. The van der Waals surface area contributed by atoms with Crippen LogP contribution in [-0.2, 0) is 0 Å². The molecule has 1 N–H and O–H groups in total. The van der Waals surface area contributed by atoms with Crippen molar-refractivity contribution in [3.8, 4) is 0 Å². The van der Waals surface area contributed by atoms with Gasteiger partial charge in [0.1, 0.15) is 12.0 Å². The number of hydrogen-bond acceptors (Lipinski definition) is 5. The number of nitro groups is 1. The summed E-state index contributed by atoms with van der Waals surface area (Å²) in [6.45, 7) is 4.74. The van der Waals surface area contributed by atoms with Crippen molar-refractivity contribution in [1.82, 2.24) is 10.3 Å². The Balaban J connectivity index is 2.27. The van der Waals surface area contributed by atoms with Gasteiger partial charge in [-0.2, -0.15) is 0 Å². The van der Waals surface area contributed by atoms with Crippen LogP contribution in [0.25, 0.3) is 0 Å². The van der Waals surface area contributed by atoms with Gasteiger partial charge in [0.15, 0.2) is 0 Å². The molecule has 2 heterocycles. The van der Waals surface area contributed by atoms with Crippen molar-refractivity contribution in [1.29, 1.82) is 0 Å². The molecule has 1 aliphatic heterocycles. The average Bonchev–Trinajstić information content (AvgIpc) is 2.23. The van der Waals surface area contributed by atoms with Gasteiger partial charge in [0.2, 0.25) is 0 Å². The molecule has 2 rings (SSSR count). The Morgan fingerprint density at radius 3 is 2.82 bits per heavy atom. The molecule has 0 aromatic carbocycles. The third kappa shape index (κ3) is 2.39. The Morgan fingerprint density at radius 1 is 1.71 bits per heavy atom. The van der Waals surface area contributed by atoms with Crippen molar-refractivity contribution >= 4 is 27.4 Å². The second-order valence-electron chi connectivity index (χ2n) is 3.85. The maximum absolute atomic E-state index is 10.6. The van der Waals surface area contributed by atoms with Crippen molar-refractivity contribution in [2.75, 3.05) is 24.5 Å². The van der Waals surface area contributed by atoms with Crippen LogP contribution in [0.15, 0.2) is 16.7 Å². The van der Waals surface area contributed by atoms with Gasteiger partial charge >= 0.3 is 0 Å². The van der Waals surface area contributed by atoms with Gasteiger partial charge < -0.3 is 10.2 Å². The van der Waals surface area contributed by atoms with E-state index in [1.54, 1.807) is 0 Å². The Morgan fingerprint density at radius 2 is 2.41 bits per heavy atom. The largest absolute Gasteiger partial charge is 0.350 e. The third-order valence-corrected chi connectivity index (χ3v) is 3.42. The highest BCUT2D eigenvalue weighted by molar-refractivity contribution is 9.10. The zero-order valence-corrected chi connectivity index (χ0v) is 11.0. The van der Waals surface area contributed by atoms with E-state index in [2.05, 4.69) is 31.1 Å². The minimum atomic E-state index is -0.442. The zero-order chi connectivity index (χ0) is 12.4. The van der Waals surface area contributed by atoms with E-state index >= 15 is 0 Å². The summed E-state index contributed by atoms with van der Waals surface area (Å²) >= 11 is 3.35. The van der Waals surface area contributed by atoms with Crippen LogP contribution in [0.5, 0.6) is 0 Å². The van der Waals surface area contributed by atoms with Crippen molar-refractivity contribution in [3.63, 3.8) is 0 Å². The standard InChI is InChI=1S/C10H13BrN4O2/c1-2-14(8-4-12-5-8)10-9(11)3-7(6-13-10)15(16)17/h3,6,8,12H,2,4-5H2,1H3. The van der Waals surface area contributed by atoms with E-state index in [0.29, 0.717) is 10.5 Å². The van der Waals surface area contributed by atoms with Gasteiger partial charge in [0.05, 0.1) is 15.4 Å². The van der Waals surface area contributed by atoms with E-state index in [4.69, 9.17) is 0 Å². The topological polar surface area (TPSA) is 71.3 Å². The van der Waals surface area contributed by atoms with Crippen LogP contribution >= 0.6 is 15.9 Å². The molecular weight excluding hydrogens is 288 g/mol. The van der Waals surface area contributed by atoms with E-state index in [-0.39, 0.29) is 5.69 Å². The summed E-state index contributed by atoms with van der Waals surface area (Å²) in [5, 5.41) is 13.8. The molecule has 6 nitrogen and oxygen atoms in total. The third-order valence-electron chi connectivity index (χ3n) is 2.83. The second-order valence-corrected chi connectivity index (χ2v) is 4.71. The van der Waals surface area contributed by atoms with Gasteiger partial charge in [-0.15, -0.1) is 0 Å². The molecule has 92 valence electrons. The maximum Gasteiger partial charge on any atom is 0.288 e. The summed E-state index contributed by atoms with van der Waals surface area (Å²) in [6, 6.07) is 1.92. The SMILES string of the molecule is CCN(c1ncc([N+](=O)[O-])cc1Br)C1CNC1. The number of pyridine rings is 1. The van der Waals surface area contributed by atoms with E-state index in [9.17, 15) is 10.1 Å². The second kappa shape index (κ2) is 4.97. The van der Waals surface area contributed by atoms with Crippen LogP contribution in [0.4, 0.5) is 11.5 Å². The normalized spacial score (nSPS) is 15.4. The highest BCUT2D eigenvalue weighted by atomic mass is 79.9. The number of nitrogens with zero attached hydrogens (tertiary/aromatic N) is 3. The molecular formula is C10H13BrN4O2. The average molecular weight is 301 g/mol. The summed E-state index contributed by atoms with van der Waals surface area (Å²) in [5.74, 6) is 0.768. The summed E-state index contributed by atoms with van der Waals surface area (Å²) in [7, 11) is 0. The molecule has 1 aromatic heterocycles. The molecule has 0 radical (unpaired) electrons. The summed E-state index contributed by atoms with van der Waals surface area (Å²) in [6.07, 6.45) is 1.30. The first kappa shape index (κ1) is 12.3. The zero-order valence-electron chi connectivity index (χ0n) is 9.39. The molecule has 0 spiro atoms. The van der Waals surface area contributed by atoms with Crippen LogP contribution in [0, 0.1) is 10.1 Å². The molecule has 1 aliphatic rings. The molecule has 0 saturated carbocycles. The van der Waals surface area contributed by atoms with Gasteiger partial charge in [-0.25, -0.2) is 4.98 Å². The molecule has 0 atom stereocenters. The van der Waals surface area contributed by atoms with Crippen molar-refractivity contribution < 1.29 is 4.92 Å². The monoisotopic (exact) mass is 300 g/mol. The van der Waals surface area contributed by atoms with Gasteiger partial charge in [0.25, 0.3) is 5.69 Å². The summed E-state index contributed by atoms with van der Waals surface area (Å²) in [4.78, 5) is 16.5. The predicted molar refractivity (Wildman–Crippen MR) is 68.3 cm³/mol. The van der Waals surface area contributed by atoms with Gasteiger partial charge in [-0.3, -0.25) is 10.1 Å². The van der Waals surface area contributed by atoms with Gasteiger partial charge in [-0.05, 0) is 22.9 Å². The van der Waals surface area contributed by atoms with Crippen molar-refractivity contribution in [2.45, 2.75) is 13.0 Å². The minimum Gasteiger partial charge on any atom is -0.350 e. The molecule has 1 fully saturated rings. The lowest BCUT2D eigenvalue weighted by atomic mass is 10.1. The van der Waals surface area contributed by atoms with Crippen LogP contribution in [0.3, 0.4) is 0 Å². The fourth-order valence-corrected chi connectivity index (χ4v) is 2.37. The molecule has 0 unspecified atom stereocenters. The molecule has 1 saturated heterocycles. The number of likely N-dealkylation sites (N-methyl/N-ethyl adjacent to an activating group) is 1. The van der Waals surface area contributed by atoms with Crippen LogP contribution < -0.4 is 10.2 Å². The van der Waals surface area contributed by atoms with E-state index in [0.717, 1.165) is 25.5 Å². The fourth-order valence-electron chi connectivity index (χ4n) is 1.81. The first-order valence-electron chi connectivity index (χ1n) is 5.40. The highest BCUT2D eigenvalue weighted by Gasteiger charge is 2.26. The Hall–Kier alpha value is -1.21. The summed E-state index contributed by atoms with van der Waals surface area (Å²) in [5.41, 5.74) is 0.00316. The van der Waals surface area contributed by atoms with Gasteiger partial charge in [-0.1, -0.05) is 0 Å². The smallest absolute Gasteiger partial charge is 0.288 e. The molecule has 17 heavy (non-hydrogen) atoms. The van der Waals surface area contributed by atoms with Crippen LogP contribution in [0.1, 0.15) is 6.92 Å². The quantitative estimate of drug-likeness (QED) is 0.675. The van der Waals surface area contributed by atoms with Crippen molar-refractivity contribution in [3.05, 3.63) is 26.9 Å². The lowest BCUT2D eigenvalue weighted by Gasteiger charge is -2.38. The number of aromatic nitrogens is 1. The van der Waals surface area contributed by atoms with Gasteiger partial charge in [0, 0.05) is 25.7 Å². The molecule has 0 aliphatic carbocycles. The number of nitrogens with one attached hydrogen (secondary N) is 1. The first-order valence-corrected chi connectivity index (χ1v) is 6.20. The highest BCUT2D eigenvalue weighted by Crippen LogP contribution is 2.29. The number of rotatable bonds is 4. The summed E-state index contributed by atoms with van der Waals surface area (Å²) < 4.78 is 0.667. The predicted octanol–water partition coefficient (Wildman–Crippen LogP) is 1.55. The Labute approximate surface area is 107 Å². The van der Waals surface area contributed by atoms with Crippen molar-refractivity contribution in [2.24, 2.45) is 0 Å². The first-order chi connectivity index (χ1) is 8.13. The Bertz CT molecular complexity index is 436. The molecule has 0 bridgehead atoms. The molecule has 1 aromatic rings. The molecule has 7 heteroatoms. The number of halogens is 1. The van der Waals surface area contributed by atoms with Crippen LogP contribution in [-0.4, -0.2) is 35.6 Å². The fraction of sp³-hybridized carbons (Fsp3) is 0.500. The van der Waals surface area contributed by atoms with E-state index in [1.165, 1.54) is 12.3 Å². The Kier molecular flexibility index (Phi) is 3.58.